The lowest BCUT2D eigenvalue weighted by Gasteiger charge is -2.39. The summed E-state index contributed by atoms with van der Waals surface area (Å²) in [6.07, 6.45) is 2.19. The van der Waals surface area contributed by atoms with Crippen molar-refractivity contribution in [3.8, 4) is 11.4 Å². The lowest BCUT2D eigenvalue weighted by Crippen LogP contribution is -2.57. The molecular formula is C19H24N8O2. The minimum absolute atomic E-state index is 0.140. The van der Waals surface area contributed by atoms with Crippen molar-refractivity contribution in [1.29, 1.82) is 0 Å². The van der Waals surface area contributed by atoms with Gasteiger partial charge >= 0.3 is 0 Å². The third kappa shape index (κ3) is 4.11. The number of nitrogens with one attached hydrogen (secondary N) is 1. The monoisotopic (exact) mass is 396 g/mol. The Morgan fingerprint density at radius 1 is 1.28 bits per heavy atom. The first kappa shape index (κ1) is 19.1. The number of methoxy groups -OCH3 is 1. The van der Waals surface area contributed by atoms with E-state index in [9.17, 15) is 4.79 Å². The van der Waals surface area contributed by atoms with E-state index in [2.05, 4.69) is 25.6 Å². The maximum Gasteiger partial charge on any atom is 0.225 e. The second-order valence-corrected chi connectivity index (χ2v) is 7.29. The van der Waals surface area contributed by atoms with E-state index in [1.165, 1.54) is 0 Å². The Balaban J connectivity index is 1.42. The van der Waals surface area contributed by atoms with Crippen LogP contribution in [0, 0.1) is 0 Å². The zero-order chi connectivity index (χ0) is 20.4. The zero-order valence-electron chi connectivity index (χ0n) is 16.7. The fourth-order valence-corrected chi connectivity index (χ4v) is 3.13. The molecule has 29 heavy (non-hydrogen) atoms. The van der Waals surface area contributed by atoms with E-state index in [0.29, 0.717) is 36.6 Å². The molecule has 10 nitrogen and oxygen atoms in total. The van der Waals surface area contributed by atoms with E-state index in [0.717, 1.165) is 18.0 Å². The van der Waals surface area contributed by atoms with Gasteiger partial charge in [-0.1, -0.05) is 5.21 Å². The molecule has 1 saturated heterocycles. The van der Waals surface area contributed by atoms with E-state index in [-0.39, 0.29) is 11.9 Å². The van der Waals surface area contributed by atoms with Gasteiger partial charge in [0, 0.05) is 26.1 Å². The molecule has 3 aromatic rings. The number of carbonyl (C=O) groups is 1. The van der Waals surface area contributed by atoms with E-state index >= 15 is 0 Å². The molecule has 1 aliphatic rings. The van der Waals surface area contributed by atoms with Gasteiger partial charge in [-0.3, -0.25) is 4.79 Å². The van der Waals surface area contributed by atoms with Gasteiger partial charge in [-0.2, -0.15) is 9.67 Å². The highest BCUT2D eigenvalue weighted by Crippen LogP contribution is 2.19. The molecular weight excluding hydrogens is 372 g/mol. The standard InChI is InChI=1S/C19H24N8O2/c1-25(2)9-8-17(28)26-11-13(12-26)21-19-20-10-16-18(22-19)27(24-23-16)14-4-6-15(29-3)7-5-14/h4-7,10,13H,8-9,11-12H2,1-3H3,(H,20,21,22). The molecule has 0 spiro atoms. The van der Waals surface area contributed by atoms with Crippen LogP contribution < -0.4 is 10.1 Å². The summed E-state index contributed by atoms with van der Waals surface area (Å²) in [5.74, 6) is 1.44. The molecule has 1 amide bonds. The van der Waals surface area contributed by atoms with Gasteiger partial charge in [0.15, 0.2) is 11.2 Å². The van der Waals surface area contributed by atoms with Gasteiger partial charge in [0.1, 0.15) is 5.75 Å². The Bertz CT molecular complexity index is 995. The van der Waals surface area contributed by atoms with Crippen LogP contribution in [0.4, 0.5) is 5.95 Å². The quantitative estimate of drug-likeness (QED) is 0.626. The highest BCUT2D eigenvalue weighted by Gasteiger charge is 2.30. The van der Waals surface area contributed by atoms with Gasteiger partial charge in [0.25, 0.3) is 0 Å². The predicted octanol–water partition coefficient (Wildman–Crippen LogP) is 0.794. The molecule has 0 radical (unpaired) electrons. The Morgan fingerprint density at radius 2 is 2.03 bits per heavy atom. The summed E-state index contributed by atoms with van der Waals surface area (Å²) in [5, 5.41) is 11.6. The average Bonchev–Trinajstić information content (AvgIpc) is 3.12. The molecule has 3 heterocycles. The van der Waals surface area contributed by atoms with Crippen LogP contribution in [0.5, 0.6) is 5.75 Å². The van der Waals surface area contributed by atoms with Crippen molar-refractivity contribution in [2.75, 3.05) is 46.2 Å². The maximum atomic E-state index is 12.1. The van der Waals surface area contributed by atoms with Crippen molar-refractivity contribution in [3.05, 3.63) is 30.5 Å². The first-order valence-electron chi connectivity index (χ1n) is 9.45. The molecule has 1 aliphatic heterocycles. The fourth-order valence-electron chi connectivity index (χ4n) is 3.13. The highest BCUT2D eigenvalue weighted by atomic mass is 16.5. The number of likely N-dealkylation sites (tertiary alicyclic amines) is 1. The minimum Gasteiger partial charge on any atom is -0.497 e. The van der Waals surface area contributed by atoms with Crippen LogP contribution in [0.1, 0.15) is 6.42 Å². The summed E-state index contributed by atoms with van der Waals surface area (Å²) in [6, 6.07) is 7.65. The molecule has 1 aromatic carbocycles. The molecule has 0 saturated carbocycles. The summed E-state index contributed by atoms with van der Waals surface area (Å²) in [5.41, 5.74) is 2.06. The normalized spacial score (nSPS) is 14.3. The van der Waals surface area contributed by atoms with Gasteiger partial charge in [0.05, 0.1) is 25.0 Å². The van der Waals surface area contributed by atoms with Crippen LogP contribution in [0.15, 0.2) is 30.5 Å². The van der Waals surface area contributed by atoms with Crippen molar-refractivity contribution in [1.82, 2.24) is 34.8 Å². The minimum atomic E-state index is 0.140. The van der Waals surface area contributed by atoms with Crippen molar-refractivity contribution in [2.24, 2.45) is 0 Å². The Kier molecular flexibility index (Phi) is 5.26. The van der Waals surface area contributed by atoms with Gasteiger partial charge < -0.3 is 19.9 Å². The third-order valence-electron chi connectivity index (χ3n) is 4.85. The Hall–Kier alpha value is -3.27. The largest absolute Gasteiger partial charge is 0.497 e. The summed E-state index contributed by atoms with van der Waals surface area (Å²) in [6.45, 7) is 2.07. The maximum absolute atomic E-state index is 12.1. The van der Waals surface area contributed by atoms with Crippen LogP contribution in [0.25, 0.3) is 16.9 Å². The molecule has 2 aromatic heterocycles. The molecule has 0 atom stereocenters. The first-order chi connectivity index (χ1) is 14.0. The predicted molar refractivity (Wildman–Crippen MR) is 108 cm³/mol. The first-order valence-corrected chi connectivity index (χ1v) is 9.45. The molecule has 152 valence electrons. The van der Waals surface area contributed by atoms with E-state index < -0.39 is 0 Å². The summed E-state index contributed by atoms with van der Waals surface area (Å²) in [4.78, 5) is 24.9. The highest BCUT2D eigenvalue weighted by molar-refractivity contribution is 5.77. The van der Waals surface area contributed by atoms with Gasteiger partial charge in [0.2, 0.25) is 11.9 Å². The summed E-state index contributed by atoms with van der Waals surface area (Å²) < 4.78 is 6.86. The second-order valence-electron chi connectivity index (χ2n) is 7.29. The molecule has 1 N–H and O–H groups in total. The molecule has 0 unspecified atom stereocenters. The number of hydrogen-bond donors (Lipinski definition) is 1. The van der Waals surface area contributed by atoms with Crippen molar-refractivity contribution >= 4 is 23.0 Å². The molecule has 1 fully saturated rings. The van der Waals surface area contributed by atoms with Crippen LogP contribution >= 0.6 is 0 Å². The fraction of sp³-hybridized carbons (Fsp3) is 0.421. The number of benzene rings is 1. The number of ether oxygens (including phenoxy) is 1. The zero-order valence-corrected chi connectivity index (χ0v) is 16.7. The van der Waals surface area contributed by atoms with Gasteiger partial charge in [-0.15, -0.1) is 5.10 Å². The molecule has 0 bridgehead atoms. The van der Waals surface area contributed by atoms with Crippen LogP contribution in [-0.4, -0.2) is 87.6 Å². The summed E-state index contributed by atoms with van der Waals surface area (Å²) in [7, 11) is 5.56. The number of hydrogen-bond acceptors (Lipinski definition) is 8. The van der Waals surface area contributed by atoms with Crippen molar-refractivity contribution < 1.29 is 9.53 Å². The number of amides is 1. The smallest absolute Gasteiger partial charge is 0.225 e. The second kappa shape index (κ2) is 8.00. The lowest BCUT2D eigenvalue weighted by molar-refractivity contribution is -0.135. The van der Waals surface area contributed by atoms with Crippen LogP contribution in [-0.2, 0) is 4.79 Å². The van der Waals surface area contributed by atoms with Gasteiger partial charge in [-0.25, -0.2) is 4.98 Å². The molecule has 4 rings (SSSR count). The topological polar surface area (TPSA) is 101 Å². The van der Waals surface area contributed by atoms with E-state index in [4.69, 9.17) is 4.74 Å². The molecule has 10 heteroatoms. The Morgan fingerprint density at radius 3 is 2.72 bits per heavy atom. The van der Waals surface area contributed by atoms with Gasteiger partial charge in [-0.05, 0) is 38.4 Å². The van der Waals surface area contributed by atoms with Crippen LogP contribution in [0.2, 0.25) is 0 Å². The van der Waals surface area contributed by atoms with E-state index in [1.807, 2.05) is 48.2 Å². The lowest BCUT2D eigenvalue weighted by atomic mass is 10.1. The molecule has 0 aliphatic carbocycles. The van der Waals surface area contributed by atoms with Crippen molar-refractivity contribution in [3.63, 3.8) is 0 Å². The van der Waals surface area contributed by atoms with Crippen LogP contribution in [0.3, 0.4) is 0 Å². The number of nitrogens with zero attached hydrogens (tertiary/aromatic N) is 7. The third-order valence-corrected chi connectivity index (χ3v) is 4.85. The summed E-state index contributed by atoms with van der Waals surface area (Å²) >= 11 is 0. The average molecular weight is 396 g/mol. The van der Waals surface area contributed by atoms with E-state index in [1.54, 1.807) is 18.0 Å². The number of fused-ring (bicyclic) bond motifs is 1. The number of anilines is 1. The SMILES string of the molecule is COc1ccc(-n2nnc3cnc(NC4CN(C(=O)CCN(C)C)C4)nc32)cc1. The number of carbonyl (C=O) groups excluding carboxylic acids is 1. The Labute approximate surface area is 168 Å². The van der Waals surface area contributed by atoms with Crippen molar-refractivity contribution in [2.45, 2.75) is 12.5 Å². The number of rotatable bonds is 7. The number of aromatic nitrogens is 5.